The molecular weight excluding hydrogens is 221 g/mol. The van der Waals surface area contributed by atoms with Crippen LogP contribution < -0.4 is 10.5 Å². The van der Waals surface area contributed by atoms with Gasteiger partial charge in [-0.25, -0.2) is 4.39 Å². The van der Waals surface area contributed by atoms with Gasteiger partial charge in [-0.1, -0.05) is 12.1 Å². The van der Waals surface area contributed by atoms with E-state index in [-0.39, 0.29) is 18.2 Å². The summed E-state index contributed by atoms with van der Waals surface area (Å²) in [6, 6.07) is 10.7. The molecule has 88 valence electrons. The molecule has 3 N–H and O–H groups in total. The van der Waals surface area contributed by atoms with Crippen molar-refractivity contribution in [1.82, 2.24) is 0 Å². The molecule has 17 heavy (non-hydrogen) atoms. The van der Waals surface area contributed by atoms with E-state index in [2.05, 4.69) is 0 Å². The molecule has 0 unspecified atom stereocenters. The maximum absolute atomic E-state index is 12.9. The summed E-state index contributed by atoms with van der Waals surface area (Å²) in [6.45, 7) is 0.190. The number of hydrogen-bond donors (Lipinski definition) is 2. The van der Waals surface area contributed by atoms with E-state index in [1.165, 1.54) is 18.2 Å². The van der Waals surface area contributed by atoms with Crippen molar-refractivity contribution in [3.05, 3.63) is 53.8 Å². The summed E-state index contributed by atoms with van der Waals surface area (Å²) >= 11 is 0. The van der Waals surface area contributed by atoms with E-state index in [9.17, 15) is 9.50 Å². The maximum Gasteiger partial charge on any atom is 0.161 e. The second kappa shape index (κ2) is 4.74. The monoisotopic (exact) mass is 233 g/mol. The minimum atomic E-state index is -0.312. The highest BCUT2D eigenvalue weighted by Crippen LogP contribution is 2.28. The number of phenolic OH excluding ortho intramolecular Hbond substituents is 1. The molecule has 0 bridgehead atoms. The van der Waals surface area contributed by atoms with Gasteiger partial charge in [-0.15, -0.1) is 0 Å². The fourth-order valence-corrected chi connectivity index (χ4v) is 1.44. The maximum atomic E-state index is 12.9. The number of anilines is 1. The van der Waals surface area contributed by atoms with Crippen molar-refractivity contribution in [3.63, 3.8) is 0 Å². The lowest BCUT2D eigenvalue weighted by atomic mass is 10.2. The summed E-state index contributed by atoms with van der Waals surface area (Å²) in [5, 5.41) is 9.54. The fourth-order valence-electron chi connectivity index (χ4n) is 1.44. The topological polar surface area (TPSA) is 55.5 Å². The number of phenols is 1. The first-order valence-electron chi connectivity index (χ1n) is 5.11. The molecule has 0 saturated heterocycles. The number of rotatable bonds is 3. The van der Waals surface area contributed by atoms with Crippen LogP contribution in [0.2, 0.25) is 0 Å². The molecule has 0 spiro atoms. The number of aromatic hydroxyl groups is 1. The molecule has 2 aromatic carbocycles. The van der Waals surface area contributed by atoms with E-state index in [0.29, 0.717) is 17.0 Å². The molecule has 0 amide bonds. The third kappa shape index (κ3) is 2.87. The summed E-state index contributed by atoms with van der Waals surface area (Å²) in [5.74, 6) is -0.0162. The van der Waals surface area contributed by atoms with Crippen LogP contribution in [0.5, 0.6) is 11.5 Å². The summed E-state index contributed by atoms with van der Waals surface area (Å²) < 4.78 is 18.3. The zero-order valence-corrected chi connectivity index (χ0v) is 9.06. The smallest absolute Gasteiger partial charge is 0.161 e. The van der Waals surface area contributed by atoms with Crippen LogP contribution in [0.1, 0.15) is 5.56 Å². The zero-order chi connectivity index (χ0) is 12.3. The zero-order valence-electron chi connectivity index (χ0n) is 9.06. The number of benzene rings is 2. The molecule has 0 fully saturated rings. The Kier molecular flexibility index (Phi) is 3.14. The Morgan fingerprint density at radius 1 is 1.18 bits per heavy atom. The minimum absolute atomic E-state index is 0.0265. The Labute approximate surface area is 98.3 Å². The van der Waals surface area contributed by atoms with E-state index in [4.69, 9.17) is 10.5 Å². The van der Waals surface area contributed by atoms with Crippen LogP contribution in [0.15, 0.2) is 42.5 Å². The van der Waals surface area contributed by atoms with Crippen LogP contribution in [-0.4, -0.2) is 5.11 Å². The molecule has 0 aliphatic carbocycles. The van der Waals surface area contributed by atoms with E-state index in [0.717, 1.165) is 0 Å². The van der Waals surface area contributed by atoms with Gasteiger partial charge >= 0.3 is 0 Å². The van der Waals surface area contributed by atoms with Gasteiger partial charge in [0.15, 0.2) is 11.5 Å². The van der Waals surface area contributed by atoms with E-state index in [1.807, 2.05) is 0 Å². The predicted molar refractivity (Wildman–Crippen MR) is 63.3 cm³/mol. The largest absolute Gasteiger partial charge is 0.504 e. The predicted octanol–water partition coefficient (Wildman–Crippen LogP) is 2.69. The van der Waals surface area contributed by atoms with Gasteiger partial charge in [0, 0.05) is 11.8 Å². The van der Waals surface area contributed by atoms with E-state index < -0.39 is 0 Å². The Balaban J connectivity index is 2.07. The highest BCUT2D eigenvalue weighted by atomic mass is 19.1. The minimum Gasteiger partial charge on any atom is -0.504 e. The molecule has 0 aliphatic heterocycles. The van der Waals surface area contributed by atoms with Gasteiger partial charge in [0.2, 0.25) is 0 Å². The summed E-state index contributed by atoms with van der Waals surface area (Å²) in [4.78, 5) is 0. The van der Waals surface area contributed by atoms with Crippen LogP contribution in [0.4, 0.5) is 10.1 Å². The fraction of sp³-hybridized carbons (Fsp3) is 0.0769. The van der Waals surface area contributed by atoms with Crippen molar-refractivity contribution in [2.24, 2.45) is 0 Å². The second-order valence-electron chi connectivity index (χ2n) is 3.65. The van der Waals surface area contributed by atoms with Crippen LogP contribution >= 0.6 is 0 Å². The normalized spacial score (nSPS) is 10.2. The van der Waals surface area contributed by atoms with Gasteiger partial charge in [-0.05, 0) is 29.8 Å². The molecule has 0 saturated carbocycles. The molecule has 0 aliphatic rings. The Hall–Kier alpha value is -2.23. The van der Waals surface area contributed by atoms with E-state index in [1.54, 1.807) is 24.3 Å². The molecule has 3 nitrogen and oxygen atoms in total. The van der Waals surface area contributed by atoms with Crippen LogP contribution in [-0.2, 0) is 6.61 Å². The first kappa shape index (κ1) is 11.3. The van der Waals surface area contributed by atoms with Crippen LogP contribution in [0.3, 0.4) is 0 Å². The van der Waals surface area contributed by atoms with Crippen molar-refractivity contribution in [3.8, 4) is 11.5 Å². The van der Waals surface area contributed by atoms with Gasteiger partial charge in [0.25, 0.3) is 0 Å². The van der Waals surface area contributed by atoms with Gasteiger partial charge in [-0.2, -0.15) is 0 Å². The Bertz CT molecular complexity index is 529. The van der Waals surface area contributed by atoms with Crippen molar-refractivity contribution in [2.75, 3.05) is 5.73 Å². The van der Waals surface area contributed by atoms with Crippen molar-refractivity contribution in [1.29, 1.82) is 0 Å². The van der Waals surface area contributed by atoms with Gasteiger partial charge in [-0.3, -0.25) is 0 Å². The molecule has 4 heteroatoms. The lowest BCUT2D eigenvalue weighted by Gasteiger charge is -2.08. The first-order chi connectivity index (χ1) is 8.15. The summed E-state index contributed by atoms with van der Waals surface area (Å²) in [7, 11) is 0. The SMILES string of the molecule is Nc1ccc(OCc2cccc(F)c2)c(O)c1. The Morgan fingerprint density at radius 2 is 2.00 bits per heavy atom. The number of nitrogens with two attached hydrogens (primary N) is 1. The third-order valence-electron chi connectivity index (χ3n) is 2.27. The molecule has 2 aromatic rings. The number of nitrogen functional groups attached to an aromatic ring is 1. The van der Waals surface area contributed by atoms with Crippen molar-refractivity contribution in [2.45, 2.75) is 6.61 Å². The van der Waals surface area contributed by atoms with Crippen LogP contribution in [0.25, 0.3) is 0 Å². The van der Waals surface area contributed by atoms with Crippen LogP contribution in [0, 0.1) is 5.82 Å². The standard InChI is InChI=1S/C13H12FNO2/c14-10-3-1-2-9(6-10)8-17-13-5-4-11(15)7-12(13)16/h1-7,16H,8,15H2. The number of ether oxygens (including phenoxy) is 1. The summed E-state index contributed by atoms with van der Waals surface area (Å²) in [5.41, 5.74) is 6.64. The molecule has 2 rings (SSSR count). The molecule has 0 aromatic heterocycles. The second-order valence-corrected chi connectivity index (χ2v) is 3.65. The highest BCUT2D eigenvalue weighted by molar-refractivity contribution is 5.51. The van der Waals surface area contributed by atoms with E-state index >= 15 is 0 Å². The van der Waals surface area contributed by atoms with Gasteiger partial charge in [0.1, 0.15) is 12.4 Å². The highest BCUT2D eigenvalue weighted by Gasteiger charge is 2.03. The first-order valence-corrected chi connectivity index (χ1v) is 5.11. The average Bonchev–Trinajstić information content (AvgIpc) is 2.28. The lowest BCUT2D eigenvalue weighted by molar-refractivity contribution is 0.288. The number of hydrogen-bond acceptors (Lipinski definition) is 3. The molecule has 0 heterocycles. The average molecular weight is 233 g/mol. The lowest BCUT2D eigenvalue weighted by Crippen LogP contribution is -1.96. The van der Waals surface area contributed by atoms with Gasteiger partial charge < -0.3 is 15.6 Å². The Morgan fingerprint density at radius 3 is 2.71 bits per heavy atom. The third-order valence-corrected chi connectivity index (χ3v) is 2.27. The van der Waals surface area contributed by atoms with Crippen molar-refractivity contribution < 1.29 is 14.2 Å². The van der Waals surface area contributed by atoms with Crippen molar-refractivity contribution >= 4 is 5.69 Å². The molecular formula is C13H12FNO2. The van der Waals surface area contributed by atoms with Gasteiger partial charge in [0.05, 0.1) is 0 Å². The number of halogens is 1. The quantitative estimate of drug-likeness (QED) is 0.801. The molecule has 0 atom stereocenters. The molecule has 0 radical (unpaired) electrons. The summed E-state index contributed by atoms with van der Waals surface area (Å²) in [6.07, 6.45) is 0.